The molecule has 0 saturated carbocycles. The van der Waals surface area contributed by atoms with Gasteiger partial charge in [0.25, 0.3) is 16.0 Å². The number of nitriles is 1. The Hall–Kier alpha value is -3.35. The Morgan fingerprint density at radius 2 is 1.82 bits per heavy atom. The second kappa shape index (κ2) is 9.55. The average molecular weight is 401 g/mol. The van der Waals surface area contributed by atoms with Gasteiger partial charge in [0.05, 0.1) is 12.0 Å². The van der Waals surface area contributed by atoms with Crippen molar-refractivity contribution in [2.75, 3.05) is 19.0 Å². The largest absolute Gasteiger partial charge is 0.497 e. The van der Waals surface area contributed by atoms with Crippen LogP contribution in [0.4, 0.5) is 5.69 Å². The van der Waals surface area contributed by atoms with Crippen LogP contribution in [-0.4, -0.2) is 32.5 Å². The van der Waals surface area contributed by atoms with Crippen LogP contribution in [0.15, 0.2) is 65.2 Å². The highest BCUT2D eigenvalue weighted by Crippen LogP contribution is 2.14. The van der Waals surface area contributed by atoms with Crippen LogP contribution >= 0.6 is 0 Å². The van der Waals surface area contributed by atoms with Crippen LogP contribution in [0.2, 0.25) is 0 Å². The van der Waals surface area contributed by atoms with E-state index in [0.29, 0.717) is 18.7 Å². The molecule has 0 fully saturated rings. The summed E-state index contributed by atoms with van der Waals surface area (Å²) in [5.74, 6) is 0.219. The Labute approximate surface area is 163 Å². The minimum Gasteiger partial charge on any atom is -0.497 e. The molecule has 2 rings (SSSR count). The SMILES string of the molecule is COc1ccc(CCNC(=O)/C(C#N)=C\Nc2ccc(S(=O)(=O)O)cc2)cc1. The number of hydrogen-bond donors (Lipinski definition) is 3. The zero-order valence-electron chi connectivity index (χ0n) is 15.0. The fourth-order valence-corrected chi connectivity index (χ4v) is 2.72. The quantitative estimate of drug-likeness (QED) is 0.351. The maximum atomic E-state index is 12.1. The van der Waals surface area contributed by atoms with Crippen molar-refractivity contribution in [2.45, 2.75) is 11.3 Å². The summed E-state index contributed by atoms with van der Waals surface area (Å²) in [7, 11) is -2.69. The highest BCUT2D eigenvalue weighted by atomic mass is 32.2. The van der Waals surface area contributed by atoms with E-state index in [1.165, 1.54) is 30.5 Å². The van der Waals surface area contributed by atoms with E-state index >= 15 is 0 Å². The van der Waals surface area contributed by atoms with E-state index in [4.69, 9.17) is 14.6 Å². The maximum Gasteiger partial charge on any atom is 0.294 e. The van der Waals surface area contributed by atoms with E-state index < -0.39 is 16.0 Å². The molecular formula is C19H19N3O5S. The first kappa shape index (κ1) is 21.0. The second-order valence-electron chi connectivity index (χ2n) is 5.67. The number of nitrogens with zero attached hydrogens (tertiary/aromatic N) is 1. The van der Waals surface area contributed by atoms with E-state index in [2.05, 4.69) is 10.6 Å². The summed E-state index contributed by atoms with van der Waals surface area (Å²) in [5, 5.41) is 14.6. The zero-order chi connectivity index (χ0) is 20.6. The summed E-state index contributed by atoms with van der Waals surface area (Å²) >= 11 is 0. The molecule has 0 saturated heterocycles. The zero-order valence-corrected chi connectivity index (χ0v) is 15.9. The predicted molar refractivity (Wildman–Crippen MR) is 103 cm³/mol. The van der Waals surface area contributed by atoms with Crippen molar-refractivity contribution in [2.24, 2.45) is 0 Å². The number of nitrogens with one attached hydrogen (secondary N) is 2. The van der Waals surface area contributed by atoms with Crippen molar-refractivity contribution < 1.29 is 22.5 Å². The van der Waals surface area contributed by atoms with Crippen molar-refractivity contribution in [1.29, 1.82) is 5.26 Å². The molecule has 146 valence electrons. The van der Waals surface area contributed by atoms with Gasteiger partial charge in [-0.1, -0.05) is 12.1 Å². The molecule has 0 aliphatic heterocycles. The van der Waals surface area contributed by atoms with Gasteiger partial charge in [-0.05, 0) is 48.4 Å². The molecule has 0 bridgehead atoms. The first-order valence-electron chi connectivity index (χ1n) is 8.19. The summed E-state index contributed by atoms with van der Waals surface area (Å²) in [6.45, 7) is 0.354. The van der Waals surface area contributed by atoms with Crippen LogP contribution < -0.4 is 15.4 Å². The summed E-state index contributed by atoms with van der Waals surface area (Å²) < 4.78 is 36.0. The Kier molecular flexibility index (Phi) is 7.14. The summed E-state index contributed by atoms with van der Waals surface area (Å²) in [6, 6.07) is 14.4. The number of ether oxygens (including phenoxy) is 1. The normalized spacial score (nSPS) is 11.4. The first-order chi connectivity index (χ1) is 13.3. The fourth-order valence-electron chi connectivity index (χ4n) is 2.24. The van der Waals surface area contributed by atoms with Crippen LogP contribution in [0.5, 0.6) is 5.75 Å². The lowest BCUT2D eigenvalue weighted by Gasteiger charge is -2.06. The second-order valence-corrected chi connectivity index (χ2v) is 7.09. The summed E-state index contributed by atoms with van der Waals surface area (Å²) in [5.41, 5.74) is 1.33. The maximum absolute atomic E-state index is 12.1. The van der Waals surface area contributed by atoms with Gasteiger partial charge in [-0.3, -0.25) is 9.35 Å². The van der Waals surface area contributed by atoms with E-state index in [1.807, 2.05) is 24.3 Å². The van der Waals surface area contributed by atoms with Gasteiger partial charge in [-0.2, -0.15) is 13.7 Å². The fraction of sp³-hybridized carbons (Fsp3) is 0.158. The Morgan fingerprint density at radius 1 is 1.18 bits per heavy atom. The predicted octanol–water partition coefficient (Wildman–Crippen LogP) is 2.12. The van der Waals surface area contributed by atoms with Crippen molar-refractivity contribution in [3.8, 4) is 11.8 Å². The average Bonchev–Trinajstić information content (AvgIpc) is 2.68. The van der Waals surface area contributed by atoms with E-state index in [1.54, 1.807) is 13.2 Å². The summed E-state index contributed by atoms with van der Waals surface area (Å²) in [6.07, 6.45) is 1.82. The third kappa shape index (κ3) is 6.12. The lowest BCUT2D eigenvalue weighted by Crippen LogP contribution is -2.27. The number of rotatable bonds is 8. The topological polar surface area (TPSA) is 129 Å². The molecule has 3 N–H and O–H groups in total. The van der Waals surface area contributed by atoms with Crippen LogP contribution in [0, 0.1) is 11.3 Å². The lowest BCUT2D eigenvalue weighted by atomic mass is 10.1. The molecule has 1 amide bonds. The molecule has 8 nitrogen and oxygen atoms in total. The van der Waals surface area contributed by atoms with E-state index in [9.17, 15) is 13.2 Å². The Morgan fingerprint density at radius 3 is 2.36 bits per heavy atom. The number of amides is 1. The van der Waals surface area contributed by atoms with Crippen molar-refractivity contribution in [3.63, 3.8) is 0 Å². The molecule has 9 heteroatoms. The molecule has 0 spiro atoms. The molecule has 28 heavy (non-hydrogen) atoms. The summed E-state index contributed by atoms with van der Waals surface area (Å²) in [4.78, 5) is 11.8. The number of hydrogen-bond acceptors (Lipinski definition) is 6. The molecule has 0 aliphatic rings. The Bertz CT molecular complexity index is 991. The molecule has 0 aromatic heterocycles. The van der Waals surface area contributed by atoms with Gasteiger partial charge >= 0.3 is 0 Å². The molecule has 2 aromatic rings. The number of carbonyl (C=O) groups excluding carboxylic acids is 1. The van der Waals surface area contributed by atoms with Gasteiger partial charge in [-0.15, -0.1) is 0 Å². The van der Waals surface area contributed by atoms with Gasteiger partial charge in [-0.25, -0.2) is 0 Å². The minimum atomic E-state index is -4.27. The highest BCUT2D eigenvalue weighted by molar-refractivity contribution is 7.85. The number of carbonyl (C=O) groups is 1. The smallest absolute Gasteiger partial charge is 0.294 e. The number of methoxy groups -OCH3 is 1. The lowest BCUT2D eigenvalue weighted by molar-refractivity contribution is -0.117. The third-order valence-electron chi connectivity index (χ3n) is 3.76. The molecule has 0 atom stereocenters. The van der Waals surface area contributed by atoms with Crippen LogP contribution in [0.1, 0.15) is 5.56 Å². The van der Waals surface area contributed by atoms with Crippen LogP contribution in [0.25, 0.3) is 0 Å². The van der Waals surface area contributed by atoms with Gasteiger partial charge in [0.15, 0.2) is 0 Å². The molecule has 0 heterocycles. The highest BCUT2D eigenvalue weighted by Gasteiger charge is 2.10. The molecular weight excluding hydrogens is 382 g/mol. The molecule has 0 aliphatic carbocycles. The van der Waals surface area contributed by atoms with Gasteiger partial charge in [0, 0.05) is 18.4 Å². The van der Waals surface area contributed by atoms with E-state index in [-0.39, 0.29) is 10.5 Å². The van der Waals surface area contributed by atoms with Gasteiger partial charge < -0.3 is 15.4 Å². The van der Waals surface area contributed by atoms with Gasteiger partial charge in [0.2, 0.25) is 0 Å². The molecule has 0 unspecified atom stereocenters. The Balaban J connectivity index is 1.90. The van der Waals surface area contributed by atoms with Crippen molar-refractivity contribution in [3.05, 3.63) is 65.9 Å². The van der Waals surface area contributed by atoms with Crippen molar-refractivity contribution >= 4 is 21.7 Å². The van der Waals surface area contributed by atoms with Crippen LogP contribution in [-0.2, 0) is 21.3 Å². The molecule has 0 radical (unpaired) electrons. The van der Waals surface area contributed by atoms with E-state index in [0.717, 1.165) is 11.3 Å². The first-order valence-corrected chi connectivity index (χ1v) is 9.63. The minimum absolute atomic E-state index is 0.131. The van der Waals surface area contributed by atoms with Crippen molar-refractivity contribution in [1.82, 2.24) is 5.32 Å². The third-order valence-corrected chi connectivity index (χ3v) is 4.63. The monoisotopic (exact) mass is 401 g/mol. The van der Waals surface area contributed by atoms with Gasteiger partial charge in [0.1, 0.15) is 17.4 Å². The number of anilines is 1. The number of benzene rings is 2. The molecule has 2 aromatic carbocycles. The van der Waals surface area contributed by atoms with Crippen LogP contribution in [0.3, 0.4) is 0 Å². The standard InChI is InChI=1S/C19H19N3O5S/c1-27-17-6-2-14(3-7-17)10-11-21-19(23)15(12-20)13-22-16-4-8-18(9-5-16)28(24,25)26/h2-9,13,22H,10-11H2,1H3,(H,21,23)(H,24,25,26)/b15-13-.